The lowest BCUT2D eigenvalue weighted by atomic mass is 9.86. The number of ether oxygens (including phenoxy) is 1. The number of hydrogen-bond acceptors (Lipinski definition) is 3. The van der Waals surface area contributed by atoms with Gasteiger partial charge in [-0.3, -0.25) is 9.59 Å². The summed E-state index contributed by atoms with van der Waals surface area (Å²) in [5, 5.41) is 3.10. The van der Waals surface area contributed by atoms with Gasteiger partial charge in [0.05, 0.1) is 13.0 Å². The molecule has 1 fully saturated rings. The molecule has 2 aliphatic rings. The van der Waals surface area contributed by atoms with Crippen molar-refractivity contribution in [2.24, 2.45) is 11.8 Å². The second kappa shape index (κ2) is 6.73. The van der Waals surface area contributed by atoms with E-state index < -0.39 is 0 Å². The van der Waals surface area contributed by atoms with E-state index in [0.29, 0.717) is 12.3 Å². The molecule has 0 aromatic rings. The predicted octanol–water partition coefficient (Wildman–Crippen LogP) is 2.19. The summed E-state index contributed by atoms with van der Waals surface area (Å²) >= 11 is 0. The molecular weight excluding hydrogens is 242 g/mol. The lowest BCUT2D eigenvalue weighted by Crippen LogP contribution is -2.39. The largest absolute Gasteiger partial charge is 0.469 e. The molecule has 19 heavy (non-hydrogen) atoms. The smallest absolute Gasteiger partial charge is 0.308 e. The minimum absolute atomic E-state index is 0.0240. The first kappa shape index (κ1) is 14.1. The first-order chi connectivity index (χ1) is 9.19. The average molecular weight is 265 g/mol. The van der Waals surface area contributed by atoms with Crippen LogP contribution in [-0.4, -0.2) is 25.0 Å². The number of nitrogens with one attached hydrogen (secondary N) is 1. The van der Waals surface area contributed by atoms with Gasteiger partial charge in [-0.05, 0) is 44.4 Å². The quantitative estimate of drug-likeness (QED) is 0.626. The van der Waals surface area contributed by atoms with Crippen LogP contribution in [0.4, 0.5) is 0 Å². The summed E-state index contributed by atoms with van der Waals surface area (Å²) in [6.07, 6.45) is 10.5. The molecule has 0 radical (unpaired) electrons. The highest BCUT2D eigenvalue weighted by atomic mass is 16.5. The molecule has 1 unspecified atom stereocenters. The summed E-state index contributed by atoms with van der Waals surface area (Å²) in [7, 11) is 1.44. The fraction of sp³-hybridized carbons (Fsp3) is 0.733. The monoisotopic (exact) mass is 265 g/mol. The molecule has 0 saturated heterocycles. The Hall–Kier alpha value is -1.32. The van der Waals surface area contributed by atoms with Crippen LogP contribution in [0.25, 0.3) is 0 Å². The van der Waals surface area contributed by atoms with Crippen molar-refractivity contribution in [3.05, 3.63) is 12.2 Å². The standard InChI is InChI=1S/C15H23NO3/c1-19-15(18)12-6-8-13(9-7-12)16-14(17)10-11-4-2-3-5-11/h2,4,11-13H,3,5-10H2,1H3,(H,16,17). The summed E-state index contributed by atoms with van der Waals surface area (Å²) in [5.74, 6) is 0.487. The van der Waals surface area contributed by atoms with E-state index in [2.05, 4.69) is 17.5 Å². The zero-order valence-electron chi connectivity index (χ0n) is 11.6. The van der Waals surface area contributed by atoms with Gasteiger partial charge >= 0.3 is 5.97 Å². The Kier molecular flexibility index (Phi) is 5.00. The molecule has 0 bridgehead atoms. The minimum Gasteiger partial charge on any atom is -0.469 e. The maximum Gasteiger partial charge on any atom is 0.308 e. The Morgan fingerprint density at radius 2 is 1.95 bits per heavy atom. The SMILES string of the molecule is COC(=O)C1CCC(NC(=O)CC2C=CCC2)CC1. The molecule has 0 heterocycles. The van der Waals surface area contributed by atoms with Crippen molar-refractivity contribution in [3.63, 3.8) is 0 Å². The molecule has 2 rings (SSSR count). The van der Waals surface area contributed by atoms with Crippen molar-refractivity contribution >= 4 is 11.9 Å². The van der Waals surface area contributed by atoms with Gasteiger partial charge in [0.15, 0.2) is 0 Å². The molecule has 4 nitrogen and oxygen atoms in total. The summed E-state index contributed by atoms with van der Waals surface area (Å²) in [5.41, 5.74) is 0. The lowest BCUT2D eigenvalue weighted by molar-refractivity contribution is -0.146. The van der Waals surface area contributed by atoms with E-state index in [1.54, 1.807) is 0 Å². The van der Waals surface area contributed by atoms with Gasteiger partial charge in [0.25, 0.3) is 0 Å². The zero-order chi connectivity index (χ0) is 13.7. The van der Waals surface area contributed by atoms with Crippen LogP contribution in [0.3, 0.4) is 0 Å². The van der Waals surface area contributed by atoms with E-state index in [1.807, 2.05) is 0 Å². The van der Waals surface area contributed by atoms with Crippen LogP contribution in [-0.2, 0) is 14.3 Å². The molecule has 1 amide bonds. The van der Waals surface area contributed by atoms with Gasteiger partial charge < -0.3 is 10.1 Å². The topological polar surface area (TPSA) is 55.4 Å². The Morgan fingerprint density at radius 3 is 2.53 bits per heavy atom. The van der Waals surface area contributed by atoms with Crippen LogP contribution in [0.15, 0.2) is 12.2 Å². The van der Waals surface area contributed by atoms with Crippen LogP contribution >= 0.6 is 0 Å². The van der Waals surface area contributed by atoms with Crippen LogP contribution < -0.4 is 5.32 Å². The summed E-state index contributed by atoms with van der Waals surface area (Å²) in [6, 6.07) is 0.235. The molecule has 0 aromatic carbocycles. The highest BCUT2D eigenvalue weighted by molar-refractivity contribution is 5.77. The predicted molar refractivity (Wildman–Crippen MR) is 72.4 cm³/mol. The Bertz CT molecular complexity index is 356. The van der Waals surface area contributed by atoms with Crippen molar-refractivity contribution in [2.45, 2.75) is 51.0 Å². The summed E-state index contributed by atoms with van der Waals surface area (Å²) in [4.78, 5) is 23.3. The molecule has 2 aliphatic carbocycles. The Labute approximate surface area is 114 Å². The molecular formula is C15H23NO3. The molecule has 0 aromatic heterocycles. The van der Waals surface area contributed by atoms with Gasteiger partial charge in [-0.15, -0.1) is 0 Å². The van der Waals surface area contributed by atoms with Crippen LogP contribution in [0.1, 0.15) is 44.9 Å². The summed E-state index contributed by atoms with van der Waals surface area (Å²) < 4.78 is 4.76. The third-order valence-electron chi connectivity index (χ3n) is 4.19. The number of carbonyl (C=O) groups is 2. The molecule has 1 saturated carbocycles. The minimum atomic E-state index is -0.110. The van der Waals surface area contributed by atoms with Gasteiger partial charge in [0.1, 0.15) is 0 Å². The van der Waals surface area contributed by atoms with Gasteiger partial charge in [-0.1, -0.05) is 12.2 Å². The third kappa shape index (κ3) is 4.08. The van der Waals surface area contributed by atoms with Gasteiger partial charge in [0, 0.05) is 12.5 Å². The highest BCUT2D eigenvalue weighted by Crippen LogP contribution is 2.26. The molecule has 1 atom stereocenters. The average Bonchev–Trinajstić information content (AvgIpc) is 2.91. The second-order valence-corrected chi connectivity index (χ2v) is 5.61. The van der Waals surface area contributed by atoms with Crippen molar-refractivity contribution in [2.75, 3.05) is 7.11 Å². The van der Waals surface area contributed by atoms with E-state index in [9.17, 15) is 9.59 Å². The zero-order valence-corrected chi connectivity index (χ0v) is 11.6. The Balaban J connectivity index is 1.68. The number of rotatable bonds is 4. The number of carbonyl (C=O) groups excluding carboxylic acids is 2. The van der Waals surface area contributed by atoms with E-state index in [0.717, 1.165) is 38.5 Å². The number of allylic oxidation sites excluding steroid dienone is 2. The lowest BCUT2D eigenvalue weighted by Gasteiger charge is -2.27. The van der Waals surface area contributed by atoms with E-state index in [-0.39, 0.29) is 23.8 Å². The molecule has 0 aliphatic heterocycles. The first-order valence-corrected chi connectivity index (χ1v) is 7.23. The molecule has 1 N–H and O–H groups in total. The van der Waals surface area contributed by atoms with E-state index in [4.69, 9.17) is 4.74 Å². The number of esters is 1. The van der Waals surface area contributed by atoms with Crippen molar-refractivity contribution < 1.29 is 14.3 Å². The number of amides is 1. The van der Waals surface area contributed by atoms with Crippen molar-refractivity contribution in [1.82, 2.24) is 5.32 Å². The van der Waals surface area contributed by atoms with Crippen LogP contribution in [0, 0.1) is 11.8 Å². The normalized spacial score (nSPS) is 30.1. The maximum absolute atomic E-state index is 11.9. The first-order valence-electron chi connectivity index (χ1n) is 7.23. The number of methoxy groups -OCH3 is 1. The number of hydrogen-bond donors (Lipinski definition) is 1. The van der Waals surface area contributed by atoms with Gasteiger partial charge in [-0.2, -0.15) is 0 Å². The maximum atomic E-state index is 11.9. The third-order valence-corrected chi connectivity index (χ3v) is 4.19. The fourth-order valence-corrected chi connectivity index (χ4v) is 3.03. The molecule has 4 heteroatoms. The van der Waals surface area contributed by atoms with E-state index in [1.165, 1.54) is 7.11 Å². The van der Waals surface area contributed by atoms with Gasteiger partial charge in [0.2, 0.25) is 5.91 Å². The van der Waals surface area contributed by atoms with Crippen molar-refractivity contribution in [1.29, 1.82) is 0 Å². The Morgan fingerprint density at radius 1 is 1.21 bits per heavy atom. The fourth-order valence-electron chi connectivity index (χ4n) is 3.03. The summed E-state index contributed by atoms with van der Waals surface area (Å²) in [6.45, 7) is 0. The van der Waals surface area contributed by atoms with Crippen molar-refractivity contribution in [3.8, 4) is 0 Å². The van der Waals surface area contributed by atoms with E-state index >= 15 is 0 Å². The van der Waals surface area contributed by atoms with Crippen LogP contribution in [0.2, 0.25) is 0 Å². The molecule has 106 valence electrons. The highest BCUT2D eigenvalue weighted by Gasteiger charge is 2.27. The second-order valence-electron chi connectivity index (χ2n) is 5.61. The molecule has 0 spiro atoms. The van der Waals surface area contributed by atoms with Crippen LogP contribution in [0.5, 0.6) is 0 Å². The van der Waals surface area contributed by atoms with Gasteiger partial charge in [-0.25, -0.2) is 0 Å².